The minimum Gasteiger partial charge on any atom is -0.486 e. The van der Waals surface area contributed by atoms with Crippen LogP contribution in [0.3, 0.4) is 0 Å². The first-order valence-corrected chi connectivity index (χ1v) is 9.13. The van der Waals surface area contributed by atoms with E-state index in [0.717, 1.165) is 50.1 Å². The molecule has 0 aliphatic carbocycles. The van der Waals surface area contributed by atoms with Gasteiger partial charge in [-0.3, -0.25) is 0 Å². The fraction of sp³-hybridized carbons (Fsp3) is 0.632. The van der Waals surface area contributed by atoms with E-state index in [2.05, 4.69) is 26.1 Å². The van der Waals surface area contributed by atoms with Crippen molar-refractivity contribution in [3.63, 3.8) is 0 Å². The van der Waals surface area contributed by atoms with Crippen LogP contribution < -0.4 is 14.8 Å². The summed E-state index contributed by atoms with van der Waals surface area (Å²) < 4.78 is 11.1. The Morgan fingerprint density at radius 1 is 1.17 bits per heavy atom. The molecule has 24 heavy (non-hydrogen) atoms. The molecule has 1 aromatic carbocycles. The number of ether oxygens (including phenoxy) is 2. The first-order chi connectivity index (χ1) is 11.7. The average molecular weight is 334 g/mol. The molecule has 0 spiro atoms. The third kappa shape index (κ3) is 5.05. The number of rotatable bonds is 8. The number of unbranched alkanes of at least 4 members (excludes halogenated alkanes) is 2. The molecule has 1 heterocycles. The smallest absolute Gasteiger partial charge is 0.322 e. The van der Waals surface area contributed by atoms with Gasteiger partial charge in [-0.15, -0.1) is 0 Å². The van der Waals surface area contributed by atoms with E-state index in [0.29, 0.717) is 19.0 Å². The largest absolute Gasteiger partial charge is 0.486 e. The molecule has 0 aromatic heterocycles. The predicted molar refractivity (Wildman–Crippen MR) is 97.1 cm³/mol. The predicted octanol–water partition coefficient (Wildman–Crippen LogP) is 4.67. The monoisotopic (exact) mass is 334 g/mol. The SMILES string of the molecule is CCCCCN(C(=O)Nc1ccc2c(c1)OCCO2)[C@H](C)CCC. The van der Waals surface area contributed by atoms with Gasteiger partial charge in [0.2, 0.25) is 0 Å². The summed E-state index contributed by atoms with van der Waals surface area (Å²) >= 11 is 0. The molecular weight excluding hydrogens is 304 g/mol. The van der Waals surface area contributed by atoms with Crippen LogP contribution in [0.4, 0.5) is 10.5 Å². The quantitative estimate of drug-likeness (QED) is 0.703. The number of nitrogens with one attached hydrogen (secondary N) is 1. The molecule has 0 radical (unpaired) electrons. The van der Waals surface area contributed by atoms with Crippen LogP contribution >= 0.6 is 0 Å². The molecule has 0 fully saturated rings. The minimum absolute atomic E-state index is 0.0382. The summed E-state index contributed by atoms with van der Waals surface area (Å²) in [6.45, 7) is 8.36. The van der Waals surface area contributed by atoms with Gasteiger partial charge in [-0.25, -0.2) is 4.79 Å². The zero-order valence-electron chi connectivity index (χ0n) is 15.1. The molecule has 1 aliphatic rings. The number of urea groups is 1. The maximum atomic E-state index is 12.7. The number of carbonyl (C=O) groups excluding carboxylic acids is 1. The van der Waals surface area contributed by atoms with Crippen LogP contribution in [0.2, 0.25) is 0 Å². The van der Waals surface area contributed by atoms with Crippen molar-refractivity contribution in [1.82, 2.24) is 4.90 Å². The van der Waals surface area contributed by atoms with Crippen LogP contribution in [0, 0.1) is 0 Å². The lowest BCUT2D eigenvalue weighted by Gasteiger charge is -2.29. The standard InChI is InChI=1S/C19H30N2O3/c1-4-6-7-11-21(15(3)8-5-2)19(22)20-16-9-10-17-18(14-16)24-13-12-23-17/h9-10,14-15H,4-8,11-13H2,1-3H3,(H,20,22)/t15-/m1/s1. The Bertz CT molecular complexity index is 533. The number of benzene rings is 1. The lowest BCUT2D eigenvalue weighted by atomic mass is 10.1. The van der Waals surface area contributed by atoms with Gasteiger partial charge in [0.15, 0.2) is 11.5 Å². The van der Waals surface area contributed by atoms with Crippen LogP contribution in [0.15, 0.2) is 18.2 Å². The second-order valence-corrected chi connectivity index (χ2v) is 6.33. The van der Waals surface area contributed by atoms with E-state index < -0.39 is 0 Å². The van der Waals surface area contributed by atoms with Gasteiger partial charge < -0.3 is 19.7 Å². The summed E-state index contributed by atoms with van der Waals surface area (Å²) in [5.74, 6) is 1.43. The molecule has 134 valence electrons. The topological polar surface area (TPSA) is 50.8 Å². The van der Waals surface area contributed by atoms with Crippen molar-refractivity contribution in [1.29, 1.82) is 0 Å². The van der Waals surface area contributed by atoms with E-state index in [-0.39, 0.29) is 12.1 Å². The van der Waals surface area contributed by atoms with Crippen molar-refractivity contribution in [2.24, 2.45) is 0 Å². The molecule has 1 aromatic rings. The lowest BCUT2D eigenvalue weighted by Crippen LogP contribution is -2.42. The summed E-state index contributed by atoms with van der Waals surface area (Å²) in [4.78, 5) is 14.7. The number of hydrogen-bond donors (Lipinski definition) is 1. The first-order valence-electron chi connectivity index (χ1n) is 9.13. The van der Waals surface area contributed by atoms with Crippen LogP contribution in [0.25, 0.3) is 0 Å². The van der Waals surface area contributed by atoms with E-state index in [1.54, 1.807) is 0 Å². The average Bonchev–Trinajstić information content (AvgIpc) is 2.58. The summed E-state index contributed by atoms with van der Waals surface area (Å²) in [6.07, 6.45) is 5.43. The molecule has 2 amide bonds. The lowest BCUT2D eigenvalue weighted by molar-refractivity contribution is 0.171. The Hall–Kier alpha value is -1.91. The molecule has 0 bridgehead atoms. The molecule has 1 N–H and O–H groups in total. The fourth-order valence-electron chi connectivity index (χ4n) is 2.94. The number of carbonyl (C=O) groups is 1. The summed E-state index contributed by atoms with van der Waals surface area (Å²) in [5, 5.41) is 3.01. The Labute approximate surface area is 145 Å². The van der Waals surface area contributed by atoms with Gasteiger partial charge >= 0.3 is 6.03 Å². The van der Waals surface area contributed by atoms with Crippen molar-refractivity contribution in [3.8, 4) is 11.5 Å². The van der Waals surface area contributed by atoms with Gasteiger partial charge in [0.25, 0.3) is 0 Å². The molecule has 5 heteroatoms. The Kier molecular flexibility index (Phi) is 7.22. The normalized spacial score (nSPS) is 14.1. The van der Waals surface area contributed by atoms with Crippen LogP contribution in [0.1, 0.15) is 52.9 Å². The van der Waals surface area contributed by atoms with Gasteiger partial charge in [-0.05, 0) is 31.9 Å². The Balaban J connectivity index is 2.02. The highest BCUT2D eigenvalue weighted by atomic mass is 16.6. The van der Waals surface area contributed by atoms with Crippen LogP contribution in [-0.2, 0) is 0 Å². The molecule has 1 atom stereocenters. The molecule has 0 unspecified atom stereocenters. The molecule has 5 nitrogen and oxygen atoms in total. The molecule has 0 saturated heterocycles. The third-order valence-electron chi connectivity index (χ3n) is 4.30. The molecular formula is C19H30N2O3. The van der Waals surface area contributed by atoms with Crippen molar-refractivity contribution < 1.29 is 14.3 Å². The maximum Gasteiger partial charge on any atom is 0.322 e. The van der Waals surface area contributed by atoms with Crippen molar-refractivity contribution in [2.75, 3.05) is 25.1 Å². The summed E-state index contributed by atoms with van der Waals surface area (Å²) in [5.41, 5.74) is 0.744. The highest BCUT2D eigenvalue weighted by Crippen LogP contribution is 2.32. The number of hydrogen-bond acceptors (Lipinski definition) is 3. The molecule has 1 aliphatic heterocycles. The Morgan fingerprint density at radius 3 is 2.62 bits per heavy atom. The highest BCUT2D eigenvalue weighted by Gasteiger charge is 2.20. The number of anilines is 1. The van der Waals surface area contributed by atoms with Gasteiger partial charge in [-0.2, -0.15) is 0 Å². The molecule has 2 rings (SSSR count). The van der Waals surface area contributed by atoms with Gasteiger partial charge in [0.05, 0.1) is 0 Å². The van der Waals surface area contributed by atoms with Crippen molar-refractivity contribution in [2.45, 2.75) is 58.9 Å². The van der Waals surface area contributed by atoms with Crippen LogP contribution in [-0.4, -0.2) is 36.7 Å². The summed E-state index contributed by atoms with van der Waals surface area (Å²) in [7, 11) is 0. The highest BCUT2D eigenvalue weighted by molar-refractivity contribution is 5.90. The van der Waals surface area contributed by atoms with Gasteiger partial charge in [0.1, 0.15) is 13.2 Å². The number of fused-ring (bicyclic) bond motifs is 1. The van der Waals surface area contributed by atoms with E-state index in [9.17, 15) is 4.79 Å². The zero-order valence-corrected chi connectivity index (χ0v) is 15.1. The van der Waals surface area contributed by atoms with E-state index >= 15 is 0 Å². The van der Waals surface area contributed by atoms with Crippen molar-refractivity contribution >= 4 is 11.7 Å². The third-order valence-corrected chi connectivity index (χ3v) is 4.30. The first kappa shape index (κ1) is 18.4. The van der Waals surface area contributed by atoms with Gasteiger partial charge in [-0.1, -0.05) is 33.1 Å². The second kappa shape index (κ2) is 9.40. The fourth-order valence-corrected chi connectivity index (χ4v) is 2.94. The van der Waals surface area contributed by atoms with E-state index in [1.165, 1.54) is 0 Å². The number of nitrogens with zero attached hydrogens (tertiary/aromatic N) is 1. The maximum absolute atomic E-state index is 12.7. The van der Waals surface area contributed by atoms with E-state index in [4.69, 9.17) is 9.47 Å². The minimum atomic E-state index is -0.0382. The Morgan fingerprint density at radius 2 is 1.92 bits per heavy atom. The summed E-state index contributed by atoms with van der Waals surface area (Å²) in [6, 6.07) is 5.75. The van der Waals surface area contributed by atoms with Crippen LogP contribution in [0.5, 0.6) is 11.5 Å². The second-order valence-electron chi connectivity index (χ2n) is 6.33. The molecule has 0 saturated carbocycles. The van der Waals surface area contributed by atoms with Gasteiger partial charge in [0, 0.05) is 24.3 Å². The van der Waals surface area contributed by atoms with E-state index in [1.807, 2.05) is 23.1 Å². The zero-order chi connectivity index (χ0) is 17.4. The van der Waals surface area contributed by atoms with Crippen molar-refractivity contribution in [3.05, 3.63) is 18.2 Å². The number of amides is 2.